The molecule has 0 saturated carbocycles. The third-order valence-electron chi connectivity index (χ3n) is 5.08. The summed E-state index contributed by atoms with van der Waals surface area (Å²) in [5, 5.41) is 10.5. The van der Waals surface area contributed by atoms with Crippen LogP contribution in [0.3, 0.4) is 0 Å². The molecule has 21 heavy (non-hydrogen) atoms. The quantitative estimate of drug-likeness (QED) is 0.459. The lowest BCUT2D eigenvalue weighted by molar-refractivity contribution is -0.157. The molecule has 4 heteroatoms. The van der Waals surface area contributed by atoms with Gasteiger partial charge in [0.1, 0.15) is 6.10 Å². The molecule has 120 valence electrons. The monoisotopic (exact) mass is 296 g/mol. The zero-order valence-corrected chi connectivity index (χ0v) is 13.8. The van der Waals surface area contributed by atoms with Gasteiger partial charge in [-0.2, -0.15) is 0 Å². The second-order valence-electron chi connectivity index (χ2n) is 7.37. The number of rotatable bonds is 1. The first-order valence-electron chi connectivity index (χ1n) is 7.85. The van der Waals surface area contributed by atoms with Crippen LogP contribution in [0.5, 0.6) is 0 Å². The molecule has 0 bridgehead atoms. The number of allylic oxidation sites excluding steroid dienone is 1. The number of aliphatic hydroxyl groups is 1. The van der Waals surface area contributed by atoms with Crippen LogP contribution < -0.4 is 0 Å². The Labute approximate surface area is 127 Å². The molecule has 1 N–H and O–H groups in total. The highest BCUT2D eigenvalue weighted by molar-refractivity contribution is 5.66. The van der Waals surface area contributed by atoms with Gasteiger partial charge in [0.2, 0.25) is 0 Å². The van der Waals surface area contributed by atoms with Gasteiger partial charge in [0.15, 0.2) is 0 Å². The second-order valence-corrected chi connectivity index (χ2v) is 7.37. The van der Waals surface area contributed by atoms with Crippen LogP contribution in [0, 0.1) is 5.41 Å². The number of hydrogen-bond acceptors (Lipinski definition) is 4. The van der Waals surface area contributed by atoms with E-state index in [1.54, 1.807) is 0 Å². The SMILES string of the molecule is CC(=O)O[C@H]1CC[C@]2(C)O[C@H]2CC/C(C)=C\[C@H](O)C1(C)C. The molecule has 4 nitrogen and oxygen atoms in total. The van der Waals surface area contributed by atoms with Gasteiger partial charge in [-0.1, -0.05) is 25.5 Å². The number of aliphatic hydroxyl groups excluding tert-OH is 1. The standard InChI is InChI=1S/C17H28O4/c1-11-6-7-15-17(5,21-15)9-8-14(20-12(2)18)16(3,4)13(19)10-11/h10,13-15,19H,6-9H2,1-5H3/b11-10-/t13-,14-,15-,17-/m0/s1. The molecule has 1 fully saturated rings. The molecular weight excluding hydrogens is 268 g/mol. The highest BCUT2D eigenvalue weighted by Crippen LogP contribution is 2.46. The first-order chi connectivity index (χ1) is 9.65. The fraction of sp³-hybridized carbons (Fsp3) is 0.824. The lowest BCUT2D eigenvalue weighted by Crippen LogP contribution is -2.42. The number of epoxide rings is 1. The van der Waals surface area contributed by atoms with Gasteiger partial charge in [0, 0.05) is 12.3 Å². The third-order valence-corrected chi connectivity index (χ3v) is 5.08. The van der Waals surface area contributed by atoms with Gasteiger partial charge < -0.3 is 14.6 Å². The summed E-state index contributed by atoms with van der Waals surface area (Å²) in [5.74, 6) is -0.297. The van der Waals surface area contributed by atoms with Crippen molar-refractivity contribution in [3.05, 3.63) is 11.6 Å². The van der Waals surface area contributed by atoms with E-state index in [9.17, 15) is 9.90 Å². The number of carbonyl (C=O) groups is 1. The molecule has 0 amide bonds. The Morgan fingerprint density at radius 1 is 1.38 bits per heavy atom. The van der Waals surface area contributed by atoms with Crippen molar-refractivity contribution in [2.24, 2.45) is 5.41 Å². The largest absolute Gasteiger partial charge is 0.462 e. The van der Waals surface area contributed by atoms with Crippen LogP contribution in [-0.4, -0.2) is 35.0 Å². The van der Waals surface area contributed by atoms with Crippen molar-refractivity contribution in [2.45, 2.75) is 84.2 Å². The molecule has 0 aromatic carbocycles. The van der Waals surface area contributed by atoms with Gasteiger partial charge in [-0.15, -0.1) is 0 Å². The van der Waals surface area contributed by atoms with E-state index in [1.807, 2.05) is 26.8 Å². The van der Waals surface area contributed by atoms with Crippen molar-refractivity contribution in [3.8, 4) is 0 Å². The first kappa shape index (κ1) is 16.5. The van der Waals surface area contributed by atoms with Crippen LogP contribution in [0.25, 0.3) is 0 Å². The summed E-state index contributed by atoms with van der Waals surface area (Å²) in [4.78, 5) is 11.4. The third kappa shape index (κ3) is 3.67. The number of carbonyl (C=O) groups excluding carboxylic acids is 1. The topological polar surface area (TPSA) is 59.1 Å². The molecule has 0 aromatic heterocycles. The van der Waals surface area contributed by atoms with Gasteiger partial charge in [0.05, 0.1) is 17.8 Å². The number of hydrogen-bond donors (Lipinski definition) is 1. The summed E-state index contributed by atoms with van der Waals surface area (Å²) in [6.45, 7) is 9.51. The van der Waals surface area contributed by atoms with E-state index in [4.69, 9.17) is 9.47 Å². The van der Waals surface area contributed by atoms with Crippen LogP contribution in [0.1, 0.15) is 60.3 Å². The summed E-state index contributed by atoms with van der Waals surface area (Å²) in [7, 11) is 0. The predicted octanol–water partition coefficient (Wildman–Crippen LogP) is 2.98. The average molecular weight is 296 g/mol. The summed E-state index contributed by atoms with van der Waals surface area (Å²) >= 11 is 0. The minimum atomic E-state index is -0.620. The van der Waals surface area contributed by atoms with Crippen molar-refractivity contribution in [3.63, 3.8) is 0 Å². The minimum Gasteiger partial charge on any atom is -0.462 e. The van der Waals surface area contributed by atoms with E-state index in [1.165, 1.54) is 6.92 Å². The van der Waals surface area contributed by atoms with Gasteiger partial charge >= 0.3 is 5.97 Å². The maximum absolute atomic E-state index is 11.4. The average Bonchev–Trinajstić information content (AvgIpc) is 3.02. The summed E-state index contributed by atoms with van der Waals surface area (Å²) in [5.41, 5.74) is 0.555. The molecule has 1 saturated heterocycles. The van der Waals surface area contributed by atoms with Crippen LogP contribution in [-0.2, 0) is 14.3 Å². The van der Waals surface area contributed by atoms with Crippen molar-refractivity contribution in [1.82, 2.24) is 0 Å². The lowest BCUT2D eigenvalue weighted by Gasteiger charge is -2.37. The number of ether oxygens (including phenoxy) is 2. The first-order valence-corrected chi connectivity index (χ1v) is 7.85. The Balaban J connectivity index is 2.24. The van der Waals surface area contributed by atoms with E-state index in [-0.39, 0.29) is 23.8 Å². The van der Waals surface area contributed by atoms with Gasteiger partial charge in [0.25, 0.3) is 0 Å². The van der Waals surface area contributed by atoms with E-state index in [2.05, 4.69) is 6.92 Å². The Hall–Kier alpha value is -0.870. The van der Waals surface area contributed by atoms with Crippen LogP contribution >= 0.6 is 0 Å². The molecule has 0 radical (unpaired) electrons. The smallest absolute Gasteiger partial charge is 0.302 e. The van der Waals surface area contributed by atoms with Crippen LogP contribution in [0.2, 0.25) is 0 Å². The van der Waals surface area contributed by atoms with Crippen molar-refractivity contribution in [2.75, 3.05) is 0 Å². The Morgan fingerprint density at radius 3 is 2.67 bits per heavy atom. The van der Waals surface area contributed by atoms with Crippen molar-refractivity contribution < 1.29 is 19.4 Å². The fourth-order valence-electron chi connectivity index (χ4n) is 3.19. The van der Waals surface area contributed by atoms with Crippen molar-refractivity contribution >= 4 is 5.97 Å². The number of fused-ring (bicyclic) bond motifs is 1. The molecule has 2 aliphatic rings. The summed E-state index contributed by atoms with van der Waals surface area (Å²) in [6, 6.07) is 0. The molecule has 0 spiro atoms. The van der Waals surface area contributed by atoms with E-state index in [0.717, 1.165) is 24.8 Å². The zero-order chi connectivity index (χ0) is 15.8. The highest BCUT2D eigenvalue weighted by atomic mass is 16.6. The Kier molecular flexibility index (Phi) is 4.50. The molecule has 0 unspecified atom stereocenters. The molecule has 2 rings (SSSR count). The zero-order valence-electron chi connectivity index (χ0n) is 13.8. The normalized spacial score (nSPS) is 42.0. The van der Waals surface area contributed by atoms with E-state index in [0.29, 0.717) is 6.42 Å². The molecule has 0 aromatic rings. The Morgan fingerprint density at radius 2 is 2.05 bits per heavy atom. The second kappa shape index (κ2) is 5.73. The molecule has 4 atom stereocenters. The molecule has 1 aliphatic heterocycles. The Bertz CT molecular complexity index is 440. The van der Waals surface area contributed by atoms with Crippen LogP contribution in [0.4, 0.5) is 0 Å². The minimum absolute atomic E-state index is 0.0932. The summed E-state index contributed by atoms with van der Waals surface area (Å²) in [6.07, 6.45) is 4.75. The van der Waals surface area contributed by atoms with Gasteiger partial charge in [-0.3, -0.25) is 4.79 Å². The van der Waals surface area contributed by atoms with Crippen LogP contribution in [0.15, 0.2) is 11.6 Å². The fourth-order valence-corrected chi connectivity index (χ4v) is 3.19. The molecule has 1 heterocycles. The maximum atomic E-state index is 11.4. The molecular formula is C17H28O4. The number of esters is 1. The van der Waals surface area contributed by atoms with Gasteiger partial charge in [-0.05, 0) is 39.5 Å². The molecule has 1 aliphatic carbocycles. The maximum Gasteiger partial charge on any atom is 0.302 e. The van der Waals surface area contributed by atoms with E-state index >= 15 is 0 Å². The lowest BCUT2D eigenvalue weighted by atomic mass is 9.77. The van der Waals surface area contributed by atoms with E-state index < -0.39 is 11.5 Å². The summed E-state index contributed by atoms with van der Waals surface area (Å²) < 4.78 is 11.4. The predicted molar refractivity (Wildman–Crippen MR) is 80.8 cm³/mol. The van der Waals surface area contributed by atoms with Gasteiger partial charge in [-0.25, -0.2) is 0 Å². The van der Waals surface area contributed by atoms with Crippen molar-refractivity contribution in [1.29, 1.82) is 0 Å². The highest BCUT2D eigenvalue weighted by Gasteiger charge is 2.52.